The molecular weight excluding hydrogens is 1720 g/mol. The second-order valence-electron chi connectivity index (χ2n) is 21.6. The Morgan fingerprint density at radius 2 is 0.333 bits per heavy atom. The Hall–Kier alpha value is -16.0. The normalized spacial score (nSPS) is 9.29. The van der Waals surface area contributed by atoms with Gasteiger partial charge in [0.05, 0.1) is 0 Å². The molecule has 0 aliphatic heterocycles. The summed E-state index contributed by atoms with van der Waals surface area (Å²) >= 11 is 7.79. The molecule has 2 aromatic rings. The Bertz CT molecular complexity index is 5750. The van der Waals surface area contributed by atoms with Crippen LogP contribution in [0.25, 0.3) is 0 Å². The molecule has 0 saturated carbocycles. The van der Waals surface area contributed by atoms with E-state index < -0.39 is 0 Å². The number of unbranched alkanes of at least 4 members (excludes halogenated alkanes) is 8. The van der Waals surface area contributed by atoms with Crippen LogP contribution >= 0.6 is 31.9 Å². The van der Waals surface area contributed by atoms with E-state index in [1.807, 2.05) is 138 Å². The number of rotatable bonds is 18. The zero-order valence-corrected chi connectivity index (χ0v) is 86.5. The molecule has 660 valence electrons. The Morgan fingerprint density at radius 1 is 0.205 bits per heavy atom. The lowest BCUT2D eigenvalue weighted by Gasteiger charge is -2.42. The summed E-state index contributed by atoms with van der Waals surface area (Å²) < 4.78 is 0. The van der Waals surface area contributed by atoms with Crippen LogP contribution in [0.2, 0.25) is 0 Å². The van der Waals surface area contributed by atoms with Crippen molar-refractivity contribution in [1.82, 2.24) is 0 Å². The summed E-state index contributed by atoms with van der Waals surface area (Å²) in [6.45, 7) is 54.2. The molecule has 0 bridgehead atoms. The van der Waals surface area contributed by atoms with Gasteiger partial charge in [-0.15, -0.1) is 12.8 Å². The minimum Gasteiger partial charge on any atom is -0.106 e. The van der Waals surface area contributed by atoms with E-state index in [9.17, 15) is 0 Å². The number of alkyl halides is 2. The van der Waals surface area contributed by atoms with E-state index >= 15 is 0 Å². The fraction of sp³-hybridized carbons (Fsp3) is 0.369. The highest BCUT2D eigenvalue weighted by Crippen LogP contribution is 2.50. The van der Waals surface area contributed by atoms with Gasteiger partial charge in [0, 0.05) is 318 Å². The monoisotopic (exact) mass is 1840 g/mol. The first kappa shape index (κ1) is 137. The summed E-state index contributed by atoms with van der Waals surface area (Å²) in [5.41, 5.74) is 6.32. The van der Waals surface area contributed by atoms with Gasteiger partial charge < -0.3 is 0 Å². The highest BCUT2D eigenvalue weighted by Gasteiger charge is 2.37. The summed E-state index contributed by atoms with van der Waals surface area (Å²) in [7, 11) is 0. The van der Waals surface area contributed by atoms with E-state index in [4.69, 9.17) is 12.8 Å². The molecule has 0 aromatic heterocycles. The molecule has 1 aliphatic rings. The van der Waals surface area contributed by atoms with E-state index in [0.29, 0.717) is 9.65 Å². The second kappa shape index (κ2) is 133. The molecule has 3 rings (SSSR count). The van der Waals surface area contributed by atoms with Gasteiger partial charge in [0.1, 0.15) is 0 Å². The molecule has 0 N–H and O–H groups in total. The van der Waals surface area contributed by atoms with Gasteiger partial charge in [-0.2, -0.15) is 0 Å². The molecule has 0 amide bonds. The number of terminal acetylenes is 2. The Balaban J connectivity index is -0.000000241. The standard InChI is InChI=1S/C70H2.C22H36.C18H28Br2.10C2H6/c1-3-5-7-9-11-13-15-17-19-21-23-25-27-29-31-33-35-37-39-41-43-45-47-49-51-53-55-57-59-61-63-65-67-69-70-68-66-64-62-60-58-56-54-52-50-48-46-44-42-40-38-36-34-32-30-28-26-24-22-20-18-16-14-12-10-8-6-4-2;1-5-7-9-13-19-17(3)18(4)20(14-10-8-6-2)22-16-12-11-15-21(19)22;1-3-5-7-13-17(19)15-11-9-10-12-16(15)18(20)14-8-6-4-2;10*1-2/h1-2H;11-12,15-20H,5-10,13-14H2,1-4H3;9-12,17-18H,3-8,13-14H2,1-2H3;10*1-2H3. The first-order chi connectivity index (χ1) is 65.3. The van der Waals surface area contributed by atoms with Crippen molar-refractivity contribution in [2.45, 2.75) is 304 Å². The van der Waals surface area contributed by atoms with Gasteiger partial charge in [0.2, 0.25) is 0 Å². The molecule has 6 atom stereocenters. The number of halogens is 2. The van der Waals surface area contributed by atoms with Gasteiger partial charge in [-0.1, -0.05) is 337 Å². The van der Waals surface area contributed by atoms with Crippen LogP contribution in [0.5, 0.6) is 0 Å². The third-order valence-electron chi connectivity index (χ3n) is 14.1. The van der Waals surface area contributed by atoms with Gasteiger partial charge in [0.15, 0.2) is 0 Å². The predicted octanol–water partition coefficient (Wildman–Crippen LogP) is 25.6. The number of hydrogen-bond donors (Lipinski definition) is 0. The van der Waals surface area contributed by atoms with Gasteiger partial charge in [-0.25, -0.2) is 0 Å². The molecule has 132 heavy (non-hydrogen) atoms. The molecule has 0 saturated heterocycles. The minimum atomic E-state index is 0.497. The largest absolute Gasteiger partial charge is 0.106 e. The highest BCUT2D eigenvalue weighted by atomic mass is 79.9. The maximum Gasteiger partial charge on any atom is 0.0398 e. The first-order valence-electron chi connectivity index (χ1n) is 45.2. The Morgan fingerprint density at radius 3 is 0.470 bits per heavy atom. The van der Waals surface area contributed by atoms with Crippen LogP contribution in [0.3, 0.4) is 0 Å². The van der Waals surface area contributed by atoms with Crippen molar-refractivity contribution in [3.8, 4) is 415 Å². The molecule has 0 radical (unpaired) electrons. The summed E-state index contributed by atoms with van der Waals surface area (Å²) in [4.78, 5) is 0.993. The summed E-state index contributed by atoms with van der Waals surface area (Å²) in [6, 6.07) is 18.3. The van der Waals surface area contributed by atoms with Gasteiger partial charge >= 0.3 is 0 Å². The Labute approximate surface area is 827 Å². The van der Waals surface area contributed by atoms with Gasteiger partial charge in [0.25, 0.3) is 0 Å². The van der Waals surface area contributed by atoms with E-state index in [1.165, 1.54) is 114 Å². The smallest absolute Gasteiger partial charge is 0.0398 e. The van der Waals surface area contributed by atoms with Crippen LogP contribution < -0.4 is 0 Å². The summed E-state index contributed by atoms with van der Waals surface area (Å²) in [5.74, 6) is 171. The van der Waals surface area contributed by atoms with Crippen molar-refractivity contribution in [2.24, 2.45) is 11.8 Å². The third kappa shape index (κ3) is 99.4. The van der Waals surface area contributed by atoms with E-state index in [-0.39, 0.29) is 0 Å². The zero-order chi connectivity index (χ0) is 101. The molecule has 2 heteroatoms. The molecule has 6 unspecified atom stereocenters. The molecule has 0 heterocycles. The molecule has 0 nitrogen and oxygen atoms in total. The molecular formula is C130H126Br2. The number of fused-ring (bicyclic) bond motifs is 1. The second-order valence-corrected chi connectivity index (χ2v) is 23.9. The average molecular weight is 1850 g/mol. The molecule has 1 aliphatic carbocycles. The summed E-state index contributed by atoms with van der Waals surface area (Å²) in [6.07, 6.45) is 31.2. The van der Waals surface area contributed by atoms with Crippen molar-refractivity contribution in [1.29, 1.82) is 0 Å². The number of benzene rings is 2. The number of hydrogen-bond acceptors (Lipinski definition) is 0. The van der Waals surface area contributed by atoms with Crippen LogP contribution in [0, 0.1) is 427 Å². The van der Waals surface area contributed by atoms with Crippen LogP contribution in [-0.4, -0.2) is 0 Å². The van der Waals surface area contributed by atoms with Crippen molar-refractivity contribution in [3.05, 3.63) is 70.8 Å². The molecule has 0 spiro atoms. The Kier molecular flexibility index (Phi) is 138. The maximum atomic E-state index is 4.95. The van der Waals surface area contributed by atoms with Crippen LogP contribution in [0.4, 0.5) is 0 Å². The van der Waals surface area contributed by atoms with Crippen molar-refractivity contribution >= 4 is 31.9 Å². The molecule has 2 aromatic carbocycles. The third-order valence-corrected chi connectivity index (χ3v) is 16.0. The molecule has 0 fully saturated rings. The van der Waals surface area contributed by atoms with Crippen molar-refractivity contribution in [2.75, 3.05) is 0 Å². The maximum absolute atomic E-state index is 4.95. The lowest BCUT2D eigenvalue weighted by atomic mass is 9.63. The van der Waals surface area contributed by atoms with Crippen molar-refractivity contribution in [3.63, 3.8) is 0 Å². The van der Waals surface area contributed by atoms with E-state index in [2.05, 4.69) is 525 Å². The van der Waals surface area contributed by atoms with Gasteiger partial charge in [-0.05, 0) is 166 Å². The van der Waals surface area contributed by atoms with Crippen LogP contribution in [-0.2, 0) is 0 Å². The fourth-order valence-corrected chi connectivity index (χ4v) is 10.6. The fourth-order valence-electron chi connectivity index (χ4n) is 9.16. The van der Waals surface area contributed by atoms with Crippen LogP contribution in [0.1, 0.15) is 326 Å². The zero-order valence-electron chi connectivity index (χ0n) is 83.3. The van der Waals surface area contributed by atoms with Crippen LogP contribution in [0.15, 0.2) is 48.5 Å². The van der Waals surface area contributed by atoms with Crippen molar-refractivity contribution < 1.29 is 0 Å². The van der Waals surface area contributed by atoms with E-state index in [0.717, 1.165) is 23.7 Å². The SMILES string of the molecule is C#CC#CC#CC#CC#CC#CC#CC#CC#CC#CC#CC#CC#CC#CC#CC#CC#CC#CC#CC#CC#CC#CC#CC#CC#CC#CC#CC#CC#CC#CC#CC#CC#CC#CC#C.CC.CC.CC.CC.CC.CC.CC.CC.CC.CC.CCCCCC(Br)c1ccccc1C(Br)CCCCC.CCCCCC1c2ccccc2C(CCCCC)C(C)C1C. The quantitative estimate of drug-likeness (QED) is 0.0793. The van der Waals surface area contributed by atoms with Gasteiger partial charge in [-0.3, -0.25) is 0 Å². The minimum absolute atomic E-state index is 0.497. The summed E-state index contributed by atoms with van der Waals surface area (Å²) in [5, 5.41) is 0. The lowest BCUT2D eigenvalue weighted by molar-refractivity contribution is 0.231. The first-order valence-corrected chi connectivity index (χ1v) is 47.0. The highest BCUT2D eigenvalue weighted by molar-refractivity contribution is 9.09. The predicted molar refractivity (Wildman–Crippen MR) is 584 cm³/mol. The topological polar surface area (TPSA) is 0 Å². The average Bonchev–Trinajstić information content (AvgIpc) is 0.771. The van der Waals surface area contributed by atoms with E-state index in [1.54, 1.807) is 11.1 Å². The lowest BCUT2D eigenvalue weighted by Crippen LogP contribution is -2.30.